The van der Waals surface area contributed by atoms with Crippen molar-refractivity contribution in [2.45, 2.75) is 22.6 Å². The summed E-state index contributed by atoms with van der Waals surface area (Å²) in [6.45, 7) is 0. The summed E-state index contributed by atoms with van der Waals surface area (Å²) in [4.78, 5) is 26.5. The number of rotatable bonds is 9. The minimum atomic E-state index is -0.255. The molecule has 0 aliphatic rings. The van der Waals surface area contributed by atoms with E-state index in [0.717, 1.165) is 15.5 Å². The maximum atomic E-state index is 11.4. The minimum absolute atomic E-state index is 0.255. The van der Waals surface area contributed by atoms with E-state index in [-0.39, 0.29) is 5.97 Å². The molecule has 4 rings (SSSR count). The first-order chi connectivity index (χ1) is 15.7. The quantitative estimate of drug-likeness (QED) is 0.315. The Morgan fingerprint density at radius 3 is 2.72 bits per heavy atom. The van der Waals surface area contributed by atoms with Crippen LogP contribution in [0, 0.1) is 0 Å². The van der Waals surface area contributed by atoms with Gasteiger partial charge in [0.2, 0.25) is 0 Å². The van der Waals surface area contributed by atoms with Crippen LogP contribution >= 0.6 is 23.1 Å². The lowest BCUT2D eigenvalue weighted by Gasteiger charge is -2.12. The SMILES string of the molecule is COC(=O)CCc1csc(Nc2ncc(Sc3ccncc3)cc2Oc2ccccc2)n1. The van der Waals surface area contributed by atoms with Crippen molar-refractivity contribution in [2.24, 2.45) is 0 Å². The number of nitrogens with one attached hydrogen (secondary N) is 1. The highest BCUT2D eigenvalue weighted by Crippen LogP contribution is 2.36. The number of esters is 1. The molecule has 162 valence electrons. The summed E-state index contributed by atoms with van der Waals surface area (Å²) in [7, 11) is 1.38. The molecule has 0 amide bonds. The third kappa shape index (κ3) is 6.05. The van der Waals surface area contributed by atoms with Gasteiger partial charge in [0.05, 0.1) is 19.2 Å². The molecule has 7 nitrogen and oxygen atoms in total. The molecule has 1 N–H and O–H groups in total. The molecule has 3 aromatic heterocycles. The number of hydrogen-bond acceptors (Lipinski definition) is 9. The number of para-hydroxylation sites is 1. The van der Waals surface area contributed by atoms with Crippen LogP contribution in [-0.4, -0.2) is 28.0 Å². The summed E-state index contributed by atoms with van der Waals surface area (Å²) in [5, 5.41) is 5.83. The Kier molecular flexibility index (Phi) is 7.31. The van der Waals surface area contributed by atoms with E-state index in [1.165, 1.54) is 18.4 Å². The molecule has 0 spiro atoms. The smallest absolute Gasteiger partial charge is 0.305 e. The molecule has 0 saturated heterocycles. The Morgan fingerprint density at radius 2 is 1.94 bits per heavy atom. The van der Waals surface area contributed by atoms with Gasteiger partial charge in [-0.1, -0.05) is 30.0 Å². The highest BCUT2D eigenvalue weighted by atomic mass is 32.2. The van der Waals surface area contributed by atoms with Gasteiger partial charge in [-0.25, -0.2) is 9.97 Å². The van der Waals surface area contributed by atoms with Gasteiger partial charge >= 0.3 is 5.97 Å². The van der Waals surface area contributed by atoms with Gasteiger partial charge in [-0.05, 0) is 24.3 Å². The number of pyridine rings is 2. The van der Waals surface area contributed by atoms with E-state index in [1.54, 1.807) is 30.4 Å². The fourth-order valence-electron chi connectivity index (χ4n) is 2.72. The maximum absolute atomic E-state index is 11.4. The molecule has 0 aliphatic carbocycles. The number of carbonyl (C=O) groups is 1. The molecular weight excluding hydrogens is 444 g/mol. The van der Waals surface area contributed by atoms with E-state index >= 15 is 0 Å². The van der Waals surface area contributed by atoms with Gasteiger partial charge in [0.1, 0.15) is 5.75 Å². The van der Waals surface area contributed by atoms with Crippen LogP contribution in [0.15, 0.2) is 82.3 Å². The summed E-state index contributed by atoms with van der Waals surface area (Å²) in [6, 6.07) is 15.4. The third-order valence-electron chi connectivity index (χ3n) is 4.27. The number of nitrogens with zero attached hydrogens (tertiary/aromatic N) is 3. The highest BCUT2D eigenvalue weighted by molar-refractivity contribution is 7.99. The number of carbonyl (C=O) groups excluding carboxylic acids is 1. The van der Waals surface area contributed by atoms with Crippen LogP contribution in [0.1, 0.15) is 12.1 Å². The number of aryl methyl sites for hydroxylation is 1. The lowest BCUT2D eigenvalue weighted by molar-refractivity contribution is -0.140. The van der Waals surface area contributed by atoms with Crippen molar-refractivity contribution in [1.82, 2.24) is 15.0 Å². The van der Waals surface area contributed by atoms with Crippen molar-refractivity contribution in [3.63, 3.8) is 0 Å². The zero-order valence-corrected chi connectivity index (χ0v) is 18.9. The number of benzene rings is 1. The molecule has 0 aliphatic heterocycles. The summed E-state index contributed by atoms with van der Waals surface area (Å²) in [6.07, 6.45) is 6.12. The van der Waals surface area contributed by atoms with Gasteiger partial charge in [-0.15, -0.1) is 11.3 Å². The number of hydrogen-bond donors (Lipinski definition) is 1. The molecule has 32 heavy (non-hydrogen) atoms. The number of anilines is 2. The molecule has 4 aromatic rings. The Bertz CT molecular complexity index is 1170. The van der Waals surface area contributed by atoms with Gasteiger partial charge in [0.25, 0.3) is 0 Å². The third-order valence-corrected chi connectivity index (χ3v) is 6.05. The van der Waals surface area contributed by atoms with Crippen LogP contribution in [0.4, 0.5) is 10.9 Å². The van der Waals surface area contributed by atoms with E-state index in [0.29, 0.717) is 35.3 Å². The molecule has 0 fully saturated rings. The predicted octanol–water partition coefficient (Wildman–Crippen LogP) is 5.73. The number of thiazole rings is 1. The predicted molar refractivity (Wildman–Crippen MR) is 125 cm³/mol. The molecule has 0 atom stereocenters. The van der Waals surface area contributed by atoms with Gasteiger partial charge in [-0.2, -0.15) is 0 Å². The van der Waals surface area contributed by atoms with E-state index in [1.807, 2.05) is 53.9 Å². The topological polar surface area (TPSA) is 86.2 Å². The summed E-state index contributed by atoms with van der Waals surface area (Å²) in [5.41, 5.74) is 0.818. The summed E-state index contributed by atoms with van der Waals surface area (Å²) >= 11 is 3.02. The summed E-state index contributed by atoms with van der Waals surface area (Å²) in [5.74, 6) is 1.60. The van der Waals surface area contributed by atoms with E-state index < -0.39 is 0 Å². The second kappa shape index (κ2) is 10.7. The first kappa shape index (κ1) is 21.8. The highest BCUT2D eigenvalue weighted by Gasteiger charge is 2.13. The standard InChI is InChI=1S/C23H20N4O3S2/c1-29-21(28)8-7-16-15-31-23(26-16)27-22-20(30-17-5-3-2-4-6-17)13-19(14-25-22)32-18-9-11-24-12-10-18/h2-6,9-15H,7-8H2,1H3,(H,25,26,27). The van der Waals surface area contributed by atoms with Crippen molar-refractivity contribution >= 4 is 40.0 Å². The zero-order chi connectivity index (χ0) is 22.2. The first-order valence-electron chi connectivity index (χ1n) is 9.78. The minimum Gasteiger partial charge on any atom is -0.469 e. The molecule has 0 radical (unpaired) electrons. The molecule has 0 unspecified atom stereocenters. The molecule has 0 bridgehead atoms. The number of ether oxygens (including phenoxy) is 2. The second-order valence-corrected chi connectivity index (χ2v) is 8.57. The lowest BCUT2D eigenvalue weighted by atomic mass is 10.2. The largest absolute Gasteiger partial charge is 0.469 e. The average Bonchev–Trinajstić information content (AvgIpc) is 3.28. The Morgan fingerprint density at radius 1 is 1.12 bits per heavy atom. The molecule has 3 heterocycles. The van der Waals surface area contributed by atoms with Crippen molar-refractivity contribution in [2.75, 3.05) is 12.4 Å². The lowest BCUT2D eigenvalue weighted by Crippen LogP contribution is -2.02. The fraction of sp³-hybridized carbons (Fsp3) is 0.130. The van der Waals surface area contributed by atoms with Crippen molar-refractivity contribution in [1.29, 1.82) is 0 Å². The van der Waals surface area contributed by atoms with Crippen molar-refractivity contribution in [3.8, 4) is 11.5 Å². The van der Waals surface area contributed by atoms with Gasteiger partial charge in [0.15, 0.2) is 16.7 Å². The Balaban J connectivity index is 1.55. The normalized spacial score (nSPS) is 10.5. The molecule has 9 heteroatoms. The van der Waals surface area contributed by atoms with Gasteiger partial charge < -0.3 is 14.8 Å². The molecule has 0 saturated carbocycles. The van der Waals surface area contributed by atoms with Crippen LogP contribution in [0.3, 0.4) is 0 Å². The van der Waals surface area contributed by atoms with Crippen LogP contribution in [0.5, 0.6) is 11.5 Å². The second-order valence-electron chi connectivity index (χ2n) is 6.56. The van der Waals surface area contributed by atoms with E-state index in [2.05, 4.69) is 25.0 Å². The first-order valence-corrected chi connectivity index (χ1v) is 11.5. The van der Waals surface area contributed by atoms with E-state index in [9.17, 15) is 4.79 Å². The Labute approximate surface area is 193 Å². The van der Waals surface area contributed by atoms with E-state index in [4.69, 9.17) is 4.74 Å². The van der Waals surface area contributed by atoms with Crippen LogP contribution in [0.25, 0.3) is 0 Å². The Hall–Kier alpha value is -3.43. The molecule has 1 aromatic carbocycles. The number of methoxy groups -OCH3 is 1. The van der Waals surface area contributed by atoms with Crippen LogP contribution in [0.2, 0.25) is 0 Å². The fourth-order valence-corrected chi connectivity index (χ4v) is 4.27. The van der Waals surface area contributed by atoms with Gasteiger partial charge in [0, 0.05) is 46.2 Å². The average molecular weight is 465 g/mol. The van der Waals surface area contributed by atoms with Crippen LogP contribution in [-0.2, 0) is 16.0 Å². The van der Waals surface area contributed by atoms with Crippen molar-refractivity contribution < 1.29 is 14.3 Å². The maximum Gasteiger partial charge on any atom is 0.305 e. The zero-order valence-electron chi connectivity index (χ0n) is 17.2. The summed E-state index contributed by atoms with van der Waals surface area (Å²) < 4.78 is 10.8. The molecular formula is C23H20N4O3S2. The van der Waals surface area contributed by atoms with Gasteiger partial charge in [-0.3, -0.25) is 9.78 Å². The van der Waals surface area contributed by atoms with Crippen molar-refractivity contribution in [3.05, 3.63) is 78.2 Å². The number of aromatic nitrogens is 3. The monoisotopic (exact) mass is 464 g/mol. The van der Waals surface area contributed by atoms with Crippen LogP contribution < -0.4 is 10.1 Å².